The number of hydrogen-bond acceptors (Lipinski definition) is 8. The van der Waals surface area contributed by atoms with Gasteiger partial charge < -0.3 is 19.2 Å². The Hall–Kier alpha value is -5.43. The van der Waals surface area contributed by atoms with Crippen LogP contribution in [0, 0.1) is 11.3 Å². The molecule has 0 unspecified atom stereocenters. The van der Waals surface area contributed by atoms with E-state index in [1.165, 1.54) is 39.5 Å². The fourth-order valence-electron chi connectivity index (χ4n) is 5.18. The van der Waals surface area contributed by atoms with Crippen molar-refractivity contribution >= 4 is 30.0 Å². The Morgan fingerprint density at radius 1 is 1.22 bits per heavy atom. The number of halogens is 3. The summed E-state index contributed by atoms with van der Waals surface area (Å²) in [6.45, 7) is 1.63. The summed E-state index contributed by atoms with van der Waals surface area (Å²) >= 11 is 0. The minimum Gasteiger partial charge on any atom is -0.483 e. The highest BCUT2D eigenvalue weighted by Gasteiger charge is 2.41. The molecule has 0 radical (unpaired) electrons. The molecule has 1 amide bonds. The normalized spacial score (nSPS) is 14.4. The van der Waals surface area contributed by atoms with E-state index in [0.29, 0.717) is 16.7 Å². The number of carbonyl (C=O) groups excluding carboxylic acids is 2. The van der Waals surface area contributed by atoms with E-state index in [0.717, 1.165) is 19.2 Å². The van der Waals surface area contributed by atoms with Crippen molar-refractivity contribution in [1.82, 2.24) is 19.7 Å². The number of aromatic nitrogens is 3. The maximum Gasteiger partial charge on any atom is 0.416 e. The fourth-order valence-corrected chi connectivity index (χ4v) is 5.18. The van der Waals surface area contributed by atoms with Crippen molar-refractivity contribution in [3.8, 4) is 6.07 Å². The first-order chi connectivity index (χ1) is 21.5. The molecule has 2 aromatic carbocycles. The van der Waals surface area contributed by atoms with Crippen molar-refractivity contribution < 1.29 is 41.9 Å². The van der Waals surface area contributed by atoms with Crippen molar-refractivity contribution in [2.75, 3.05) is 46.7 Å². The molecule has 0 spiro atoms. The Kier molecular flexibility index (Phi) is 10.4. The number of benzene rings is 2. The number of carbonyl (C=O) groups is 3. The van der Waals surface area contributed by atoms with Crippen molar-refractivity contribution in [2.24, 2.45) is 0 Å². The van der Waals surface area contributed by atoms with E-state index in [-0.39, 0.29) is 52.9 Å². The van der Waals surface area contributed by atoms with Crippen molar-refractivity contribution in [3.05, 3.63) is 86.5 Å². The molecule has 0 fully saturated rings. The van der Waals surface area contributed by atoms with Crippen molar-refractivity contribution in [2.45, 2.75) is 25.7 Å². The van der Waals surface area contributed by atoms with Gasteiger partial charge in [0.25, 0.3) is 12.4 Å². The number of allylic oxidation sites excluding steroid dienone is 1. The van der Waals surface area contributed by atoms with Crippen LogP contribution in [0.15, 0.2) is 58.5 Å². The SMILES string of the molecule is COC(=O)C1=C(C)N(c2cccc(C(F)(F)F)c2)c2n[nH]c(=O)n2[C@@H]1c1ccc(C#N)cc1C[N+](C)(C)CC(=O)N(C)C.O=CO. The van der Waals surface area contributed by atoms with E-state index in [2.05, 4.69) is 16.3 Å². The summed E-state index contributed by atoms with van der Waals surface area (Å²) in [6, 6.07) is 10.2. The Morgan fingerprint density at radius 3 is 2.43 bits per heavy atom. The third-order valence-corrected chi connectivity index (χ3v) is 7.21. The maximum atomic E-state index is 13.6. The number of hydrogen-bond donors (Lipinski definition) is 2. The minimum absolute atomic E-state index is 0.0171. The smallest absolute Gasteiger partial charge is 0.416 e. The van der Waals surface area contributed by atoms with E-state index < -0.39 is 29.4 Å². The molecule has 16 heteroatoms. The van der Waals surface area contributed by atoms with Crippen LogP contribution in [0.25, 0.3) is 0 Å². The quantitative estimate of drug-likeness (QED) is 0.224. The van der Waals surface area contributed by atoms with Gasteiger partial charge in [-0.05, 0) is 42.8 Å². The molecule has 1 aliphatic rings. The fraction of sp³-hybridized carbons (Fsp3) is 0.333. The second kappa shape index (κ2) is 13.7. The first-order valence-electron chi connectivity index (χ1n) is 13.6. The first-order valence-corrected chi connectivity index (χ1v) is 13.6. The number of ether oxygens (including phenoxy) is 1. The molecule has 0 saturated heterocycles. The summed E-state index contributed by atoms with van der Waals surface area (Å²) in [5.74, 6) is -0.992. The predicted octanol–water partition coefficient (Wildman–Crippen LogP) is 3.02. The molecule has 1 atom stereocenters. The van der Waals surface area contributed by atoms with Gasteiger partial charge in [-0.1, -0.05) is 12.1 Å². The van der Waals surface area contributed by atoms with E-state index in [1.54, 1.807) is 26.2 Å². The summed E-state index contributed by atoms with van der Waals surface area (Å²) in [5.41, 5.74) is -0.113. The molecular formula is C30H33F3N7O6+. The summed E-state index contributed by atoms with van der Waals surface area (Å²) in [4.78, 5) is 50.4. The molecule has 2 heterocycles. The number of rotatable bonds is 7. The Morgan fingerprint density at radius 2 is 1.87 bits per heavy atom. The number of likely N-dealkylation sites (N-methyl/N-ethyl adjacent to an activating group) is 2. The number of methoxy groups -OCH3 is 1. The number of H-pyrrole nitrogens is 1. The predicted molar refractivity (Wildman–Crippen MR) is 159 cm³/mol. The van der Waals surface area contributed by atoms with E-state index in [1.807, 2.05) is 14.1 Å². The number of anilines is 2. The molecule has 46 heavy (non-hydrogen) atoms. The molecule has 0 bridgehead atoms. The number of nitriles is 1. The third kappa shape index (κ3) is 7.26. The molecule has 4 rings (SSSR count). The molecule has 244 valence electrons. The number of quaternary nitrogens is 1. The molecule has 1 aliphatic heterocycles. The summed E-state index contributed by atoms with van der Waals surface area (Å²) in [7, 11) is 8.11. The molecule has 13 nitrogen and oxygen atoms in total. The van der Waals surface area contributed by atoms with Gasteiger partial charge in [0, 0.05) is 31.0 Å². The lowest BCUT2D eigenvalue weighted by Gasteiger charge is -2.37. The zero-order chi connectivity index (χ0) is 34.6. The zero-order valence-corrected chi connectivity index (χ0v) is 25.9. The van der Waals surface area contributed by atoms with Crippen LogP contribution < -0.4 is 10.6 Å². The monoisotopic (exact) mass is 644 g/mol. The summed E-state index contributed by atoms with van der Waals surface area (Å²) in [5, 5.41) is 23.0. The van der Waals surface area contributed by atoms with E-state index >= 15 is 0 Å². The van der Waals surface area contributed by atoms with Crippen LogP contribution >= 0.6 is 0 Å². The number of carboxylic acid groups (broad SMARTS) is 1. The summed E-state index contributed by atoms with van der Waals surface area (Å²) < 4.78 is 47.3. The highest BCUT2D eigenvalue weighted by Crippen LogP contribution is 2.43. The van der Waals surface area contributed by atoms with Crippen molar-refractivity contribution in [3.63, 3.8) is 0 Å². The average molecular weight is 645 g/mol. The van der Waals surface area contributed by atoms with Crippen LogP contribution in [0.2, 0.25) is 0 Å². The van der Waals surface area contributed by atoms with Gasteiger partial charge in [-0.15, -0.1) is 5.10 Å². The zero-order valence-electron chi connectivity index (χ0n) is 25.9. The Bertz CT molecular complexity index is 1770. The van der Waals surface area contributed by atoms with Gasteiger partial charge in [-0.3, -0.25) is 14.5 Å². The van der Waals surface area contributed by atoms with Gasteiger partial charge in [-0.2, -0.15) is 18.4 Å². The molecule has 0 aliphatic carbocycles. The van der Waals surface area contributed by atoms with Gasteiger partial charge in [0.15, 0.2) is 6.54 Å². The Balaban J connectivity index is 0.00000185. The number of nitrogens with zero attached hydrogens (tertiary/aromatic N) is 6. The van der Waals surface area contributed by atoms with Gasteiger partial charge in [-0.25, -0.2) is 19.3 Å². The minimum atomic E-state index is -4.64. The molecule has 1 aromatic heterocycles. The van der Waals surface area contributed by atoms with Crippen LogP contribution in [0.1, 0.15) is 35.2 Å². The maximum absolute atomic E-state index is 13.6. The lowest BCUT2D eigenvalue weighted by molar-refractivity contribution is -0.896. The number of nitrogens with one attached hydrogen (secondary N) is 1. The lowest BCUT2D eigenvalue weighted by atomic mass is 9.89. The third-order valence-electron chi connectivity index (χ3n) is 7.21. The summed E-state index contributed by atoms with van der Waals surface area (Å²) in [6.07, 6.45) is -4.64. The van der Waals surface area contributed by atoms with Crippen LogP contribution in [-0.2, 0) is 31.8 Å². The van der Waals surface area contributed by atoms with E-state index in [9.17, 15) is 32.8 Å². The molecule has 2 N–H and O–H groups in total. The first kappa shape index (κ1) is 35.1. The standard InChI is InChI=1S/C29H30F3N7O4.CH2O2/c1-17-24(26(41)43-6)25(22-11-10-18(14-33)12-19(22)15-39(4,5)16-23(40)36(2)3)38-27(34-35-28(38)42)37(17)21-9-7-8-20(13-21)29(30,31)32;2-1-3/h7-13,25H,15-16H2,1-6H3;1H,(H,2,3)/p+1/t25-;/m1./s1. The number of amides is 1. The van der Waals surface area contributed by atoms with E-state index in [4.69, 9.17) is 14.6 Å². The number of fused-ring (bicyclic) bond motifs is 1. The van der Waals surface area contributed by atoms with Crippen LogP contribution in [-0.4, -0.2) is 89.4 Å². The average Bonchev–Trinajstić information content (AvgIpc) is 3.36. The molecular weight excluding hydrogens is 611 g/mol. The highest BCUT2D eigenvalue weighted by atomic mass is 19.4. The van der Waals surface area contributed by atoms with Gasteiger partial charge in [0.1, 0.15) is 12.6 Å². The molecule has 0 saturated carbocycles. The van der Waals surface area contributed by atoms with Gasteiger partial charge in [0.2, 0.25) is 5.95 Å². The topological polar surface area (TPSA) is 162 Å². The highest BCUT2D eigenvalue weighted by molar-refractivity contribution is 5.93. The van der Waals surface area contributed by atoms with Gasteiger partial charge >= 0.3 is 17.8 Å². The number of esters is 1. The lowest BCUT2D eigenvalue weighted by Crippen LogP contribution is -2.47. The number of alkyl halides is 3. The van der Waals surface area contributed by atoms with Crippen LogP contribution in [0.5, 0.6) is 0 Å². The largest absolute Gasteiger partial charge is 0.483 e. The number of aromatic amines is 1. The van der Waals surface area contributed by atoms with Crippen LogP contribution in [0.4, 0.5) is 24.8 Å². The van der Waals surface area contributed by atoms with Crippen LogP contribution in [0.3, 0.4) is 0 Å². The molecule has 3 aromatic rings. The van der Waals surface area contributed by atoms with Crippen molar-refractivity contribution in [1.29, 1.82) is 5.26 Å². The second-order valence-corrected chi connectivity index (χ2v) is 11.1. The van der Waals surface area contributed by atoms with Gasteiger partial charge in [0.05, 0.1) is 44.0 Å². The second-order valence-electron chi connectivity index (χ2n) is 11.1. The Labute approximate surface area is 261 Å².